The van der Waals surface area contributed by atoms with E-state index in [9.17, 15) is 0 Å². The molecule has 0 aliphatic rings. The number of para-hydroxylation sites is 1. The van der Waals surface area contributed by atoms with Crippen LogP contribution in [0.3, 0.4) is 0 Å². The fourth-order valence-electron chi connectivity index (χ4n) is 2.51. The lowest BCUT2D eigenvalue weighted by Gasteiger charge is -2.10. The highest BCUT2D eigenvalue weighted by atomic mass is 16.5. The number of fused-ring (bicyclic) bond motifs is 1. The second-order valence-corrected chi connectivity index (χ2v) is 5.39. The van der Waals surface area contributed by atoms with Crippen LogP contribution in [-0.4, -0.2) is 21.6 Å². The van der Waals surface area contributed by atoms with E-state index in [-0.39, 0.29) is 0 Å². The minimum absolute atomic E-state index is 0.572. The third-order valence-electron chi connectivity index (χ3n) is 3.72. The molecule has 1 heterocycles. The molecule has 3 rings (SSSR count). The molecule has 3 aromatic rings. The predicted molar refractivity (Wildman–Crippen MR) is 98.1 cm³/mol. The lowest BCUT2D eigenvalue weighted by atomic mass is 10.1. The first-order valence-corrected chi connectivity index (χ1v) is 8.22. The van der Waals surface area contributed by atoms with E-state index in [1.54, 1.807) is 4.68 Å². The number of rotatable bonds is 6. The first-order valence-electron chi connectivity index (χ1n) is 8.22. The second kappa shape index (κ2) is 7.59. The molecule has 0 unspecified atom stereocenters. The molecule has 0 atom stereocenters. The van der Waals surface area contributed by atoms with E-state index < -0.39 is 0 Å². The zero-order valence-corrected chi connectivity index (χ0v) is 14.0. The highest BCUT2D eigenvalue weighted by molar-refractivity contribution is 5.77. The van der Waals surface area contributed by atoms with Crippen molar-refractivity contribution < 1.29 is 4.74 Å². The van der Waals surface area contributed by atoms with Crippen LogP contribution in [0.15, 0.2) is 66.2 Å². The fraction of sp³-hybridized carbons (Fsp3) is 0.200. The van der Waals surface area contributed by atoms with Gasteiger partial charge in [0.15, 0.2) is 0 Å². The Balaban J connectivity index is 2.03. The van der Waals surface area contributed by atoms with Crippen molar-refractivity contribution in [1.29, 1.82) is 0 Å². The number of hydrogen-bond donors (Lipinski definition) is 0. The standard InChI is InChI=1S/C20H21N3O/c1-3-16(14-17-10-6-5-7-11-17)15-20(24-4-2)23-19-13-9-8-12-18(19)21-22-23/h5-15H,3-4H2,1-2H3/b16-14-,20-15-. The van der Waals surface area contributed by atoms with Gasteiger partial charge in [0.1, 0.15) is 5.52 Å². The second-order valence-electron chi connectivity index (χ2n) is 5.39. The number of nitrogens with zero attached hydrogens (tertiary/aromatic N) is 3. The molecular weight excluding hydrogens is 298 g/mol. The lowest BCUT2D eigenvalue weighted by molar-refractivity contribution is 0.272. The summed E-state index contributed by atoms with van der Waals surface area (Å²) >= 11 is 0. The molecule has 0 N–H and O–H groups in total. The van der Waals surface area contributed by atoms with Crippen LogP contribution in [0.2, 0.25) is 0 Å². The zero-order valence-electron chi connectivity index (χ0n) is 14.0. The maximum atomic E-state index is 5.85. The van der Waals surface area contributed by atoms with Crippen molar-refractivity contribution in [3.05, 3.63) is 71.8 Å². The van der Waals surface area contributed by atoms with Gasteiger partial charge in [0, 0.05) is 6.08 Å². The van der Waals surface area contributed by atoms with Crippen LogP contribution in [-0.2, 0) is 4.74 Å². The van der Waals surface area contributed by atoms with Gasteiger partial charge in [-0.3, -0.25) is 0 Å². The van der Waals surface area contributed by atoms with Gasteiger partial charge in [-0.25, -0.2) is 0 Å². The molecule has 4 nitrogen and oxygen atoms in total. The van der Waals surface area contributed by atoms with Gasteiger partial charge < -0.3 is 4.74 Å². The van der Waals surface area contributed by atoms with Crippen LogP contribution in [0, 0.1) is 0 Å². The van der Waals surface area contributed by atoms with Gasteiger partial charge >= 0.3 is 0 Å². The summed E-state index contributed by atoms with van der Waals surface area (Å²) in [5.74, 6) is 0.690. The van der Waals surface area contributed by atoms with E-state index in [4.69, 9.17) is 4.74 Å². The lowest BCUT2D eigenvalue weighted by Crippen LogP contribution is -2.04. The third-order valence-corrected chi connectivity index (χ3v) is 3.72. The molecule has 0 fully saturated rings. The molecule has 0 aliphatic carbocycles. The number of aromatic nitrogens is 3. The average molecular weight is 319 g/mol. The molecule has 4 heteroatoms. The molecule has 0 radical (unpaired) electrons. The Morgan fingerprint density at radius 3 is 2.54 bits per heavy atom. The van der Waals surface area contributed by atoms with E-state index in [1.165, 1.54) is 11.1 Å². The highest BCUT2D eigenvalue weighted by Crippen LogP contribution is 2.19. The fourth-order valence-corrected chi connectivity index (χ4v) is 2.51. The Kier molecular flexibility index (Phi) is 5.06. The summed E-state index contributed by atoms with van der Waals surface area (Å²) < 4.78 is 7.60. The van der Waals surface area contributed by atoms with Crippen molar-refractivity contribution >= 4 is 23.0 Å². The van der Waals surface area contributed by atoms with Gasteiger partial charge in [-0.2, -0.15) is 4.68 Å². The van der Waals surface area contributed by atoms with Crippen molar-refractivity contribution in [3.63, 3.8) is 0 Å². The normalized spacial score (nSPS) is 12.6. The zero-order chi connectivity index (χ0) is 16.8. The maximum Gasteiger partial charge on any atom is 0.216 e. The summed E-state index contributed by atoms with van der Waals surface area (Å²) in [6.45, 7) is 4.68. The third kappa shape index (κ3) is 3.54. The molecule has 0 amide bonds. The highest BCUT2D eigenvalue weighted by Gasteiger charge is 2.09. The van der Waals surface area contributed by atoms with E-state index in [0.717, 1.165) is 17.5 Å². The number of ether oxygens (including phenoxy) is 1. The molecule has 2 aromatic carbocycles. The summed E-state index contributed by atoms with van der Waals surface area (Å²) in [5.41, 5.74) is 4.13. The van der Waals surface area contributed by atoms with E-state index in [0.29, 0.717) is 12.5 Å². The van der Waals surface area contributed by atoms with Crippen LogP contribution in [0.1, 0.15) is 25.8 Å². The molecule has 0 saturated carbocycles. The SMILES string of the molecule is CCO/C(=C\C(=C/c1ccccc1)CC)n1nnc2ccccc21. The Morgan fingerprint density at radius 1 is 1.04 bits per heavy atom. The molecular formula is C20H21N3O. The van der Waals surface area contributed by atoms with Crippen molar-refractivity contribution in [3.8, 4) is 0 Å². The molecule has 0 spiro atoms. The monoisotopic (exact) mass is 319 g/mol. The molecule has 0 saturated heterocycles. The molecule has 0 bridgehead atoms. The van der Waals surface area contributed by atoms with Crippen LogP contribution in [0.25, 0.3) is 23.0 Å². The van der Waals surface area contributed by atoms with Gasteiger partial charge in [-0.15, -0.1) is 5.10 Å². The van der Waals surface area contributed by atoms with E-state index in [1.807, 2.05) is 55.5 Å². The smallest absolute Gasteiger partial charge is 0.216 e. The van der Waals surface area contributed by atoms with E-state index >= 15 is 0 Å². The van der Waals surface area contributed by atoms with Gasteiger partial charge in [0.2, 0.25) is 5.88 Å². The number of allylic oxidation sites excluding steroid dienone is 2. The molecule has 122 valence electrons. The van der Waals surface area contributed by atoms with Gasteiger partial charge in [0.05, 0.1) is 12.1 Å². The van der Waals surface area contributed by atoms with Gasteiger partial charge in [-0.1, -0.05) is 60.7 Å². The van der Waals surface area contributed by atoms with Crippen LogP contribution in [0.4, 0.5) is 0 Å². The summed E-state index contributed by atoms with van der Waals surface area (Å²) in [5, 5.41) is 8.47. The quantitative estimate of drug-likeness (QED) is 0.486. The van der Waals surface area contributed by atoms with Crippen molar-refractivity contribution in [1.82, 2.24) is 15.0 Å². The largest absolute Gasteiger partial charge is 0.478 e. The van der Waals surface area contributed by atoms with Crippen LogP contribution >= 0.6 is 0 Å². The minimum Gasteiger partial charge on any atom is -0.478 e. The summed E-state index contributed by atoms with van der Waals surface area (Å²) in [6, 6.07) is 18.2. The summed E-state index contributed by atoms with van der Waals surface area (Å²) in [4.78, 5) is 0. The van der Waals surface area contributed by atoms with Gasteiger partial charge in [-0.05, 0) is 36.6 Å². The molecule has 1 aromatic heterocycles. The van der Waals surface area contributed by atoms with Crippen molar-refractivity contribution in [2.24, 2.45) is 0 Å². The number of hydrogen-bond acceptors (Lipinski definition) is 3. The Bertz CT molecular complexity index is 863. The first kappa shape index (κ1) is 16.0. The Morgan fingerprint density at radius 2 is 1.79 bits per heavy atom. The average Bonchev–Trinajstić information content (AvgIpc) is 3.05. The first-order chi connectivity index (χ1) is 11.8. The van der Waals surface area contributed by atoms with Gasteiger partial charge in [0.25, 0.3) is 0 Å². The Hall–Kier alpha value is -2.88. The van der Waals surface area contributed by atoms with Crippen molar-refractivity contribution in [2.75, 3.05) is 6.61 Å². The Labute approximate surface area is 142 Å². The summed E-state index contributed by atoms with van der Waals surface area (Å²) in [6.07, 6.45) is 5.11. The minimum atomic E-state index is 0.572. The summed E-state index contributed by atoms with van der Waals surface area (Å²) in [7, 11) is 0. The molecule has 0 aliphatic heterocycles. The van der Waals surface area contributed by atoms with Crippen molar-refractivity contribution in [2.45, 2.75) is 20.3 Å². The van der Waals surface area contributed by atoms with E-state index in [2.05, 4.69) is 35.4 Å². The van der Waals surface area contributed by atoms with Crippen LogP contribution < -0.4 is 0 Å². The van der Waals surface area contributed by atoms with Crippen LogP contribution in [0.5, 0.6) is 0 Å². The topological polar surface area (TPSA) is 39.9 Å². The predicted octanol–water partition coefficient (Wildman–Crippen LogP) is 4.76. The molecule has 24 heavy (non-hydrogen) atoms. The number of benzene rings is 2. The maximum absolute atomic E-state index is 5.85.